The van der Waals surface area contributed by atoms with Crippen LogP contribution < -0.4 is 5.48 Å². The number of benzene rings is 2. The third-order valence-corrected chi connectivity index (χ3v) is 5.55. The van der Waals surface area contributed by atoms with Gasteiger partial charge in [0.05, 0.1) is 0 Å². The molecule has 2 unspecified atom stereocenters. The zero-order chi connectivity index (χ0) is 18.1. The van der Waals surface area contributed by atoms with E-state index in [9.17, 15) is 9.00 Å². The van der Waals surface area contributed by atoms with Crippen LogP contribution in [-0.4, -0.2) is 26.8 Å². The fraction of sp³-hybridized carbons (Fsp3) is 0.350. The van der Waals surface area contributed by atoms with Gasteiger partial charge in [0.2, 0.25) is 0 Å². The molecule has 0 fully saturated rings. The summed E-state index contributed by atoms with van der Waals surface area (Å²) in [6.07, 6.45) is 5.82. The quantitative estimate of drug-likeness (QED) is 0.407. The van der Waals surface area contributed by atoms with Gasteiger partial charge < -0.3 is 0 Å². The minimum absolute atomic E-state index is 0.530. The van der Waals surface area contributed by atoms with Gasteiger partial charge in [-0.1, -0.05) is 67.4 Å². The lowest BCUT2D eigenvalue weighted by Crippen LogP contribution is -2.35. The van der Waals surface area contributed by atoms with Crippen molar-refractivity contribution in [1.29, 1.82) is 0 Å². The molecule has 0 saturated carbocycles. The molecule has 5 heteroatoms. The zero-order valence-corrected chi connectivity index (χ0v) is 15.3. The van der Waals surface area contributed by atoms with E-state index in [2.05, 4.69) is 36.4 Å². The van der Waals surface area contributed by atoms with Crippen molar-refractivity contribution < 1.29 is 14.2 Å². The van der Waals surface area contributed by atoms with Crippen LogP contribution in [0.3, 0.4) is 0 Å². The molecule has 0 heterocycles. The number of amides is 1. The van der Waals surface area contributed by atoms with Crippen LogP contribution in [0.15, 0.2) is 54.6 Å². The standard InChI is InChI=1S/C20H25NO3S/c1-25(24)19(20(22)21-23)11-7-2-4-8-16-12-14-18(15-13-16)17-9-5-3-6-10-17/h3,5-6,9-10,12-15,19,23H,2,4,7-8,11H2,1H3,(H,21,22). The van der Waals surface area contributed by atoms with Gasteiger partial charge in [0, 0.05) is 17.1 Å². The molecule has 1 amide bonds. The number of rotatable bonds is 9. The number of aryl methyl sites for hydroxylation is 1. The molecule has 2 atom stereocenters. The molecular weight excluding hydrogens is 334 g/mol. The molecule has 2 aromatic rings. The largest absolute Gasteiger partial charge is 0.289 e. The molecule has 0 bridgehead atoms. The Morgan fingerprint density at radius 3 is 2.24 bits per heavy atom. The third-order valence-electron chi connectivity index (χ3n) is 4.30. The molecule has 2 aromatic carbocycles. The molecule has 0 aliphatic carbocycles. The average Bonchev–Trinajstić information content (AvgIpc) is 2.65. The molecule has 0 aromatic heterocycles. The number of hydrogen-bond donors (Lipinski definition) is 2. The van der Waals surface area contributed by atoms with Crippen LogP contribution in [0.4, 0.5) is 0 Å². The Bertz CT molecular complexity index is 686. The van der Waals surface area contributed by atoms with Crippen molar-refractivity contribution in [2.45, 2.75) is 37.4 Å². The Labute approximate surface area is 151 Å². The predicted octanol–water partition coefficient (Wildman–Crippen LogP) is 3.71. The van der Waals surface area contributed by atoms with E-state index in [1.54, 1.807) is 5.48 Å². The second-order valence-corrected chi connectivity index (χ2v) is 7.69. The topological polar surface area (TPSA) is 66.4 Å². The lowest BCUT2D eigenvalue weighted by molar-refractivity contribution is -0.128. The SMILES string of the molecule is CS(=O)C(CCCCCc1ccc(-c2ccccc2)cc1)C(=O)NO. The van der Waals surface area contributed by atoms with Crippen LogP contribution in [0.2, 0.25) is 0 Å². The Morgan fingerprint density at radius 1 is 1.00 bits per heavy atom. The summed E-state index contributed by atoms with van der Waals surface area (Å²) in [4.78, 5) is 11.4. The Morgan fingerprint density at radius 2 is 1.64 bits per heavy atom. The lowest BCUT2D eigenvalue weighted by atomic mass is 10.0. The Kier molecular flexibility index (Phi) is 7.82. The van der Waals surface area contributed by atoms with Crippen LogP contribution in [0, 0.1) is 0 Å². The first-order valence-corrected chi connectivity index (χ1v) is 10.1. The summed E-state index contributed by atoms with van der Waals surface area (Å²) < 4.78 is 11.5. The Balaban J connectivity index is 1.75. The minimum Gasteiger partial charge on any atom is -0.289 e. The first-order valence-electron chi connectivity index (χ1n) is 8.52. The van der Waals surface area contributed by atoms with Gasteiger partial charge in [0.1, 0.15) is 5.25 Å². The zero-order valence-electron chi connectivity index (χ0n) is 14.5. The van der Waals surface area contributed by atoms with E-state index in [1.165, 1.54) is 22.9 Å². The fourth-order valence-electron chi connectivity index (χ4n) is 2.85. The summed E-state index contributed by atoms with van der Waals surface area (Å²) in [6, 6.07) is 18.9. The highest BCUT2D eigenvalue weighted by Gasteiger charge is 2.21. The third kappa shape index (κ3) is 6.11. The summed E-state index contributed by atoms with van der Waals surface area (Å²) in [5, 5.41) is 8.05. The highest BCUT2D eigenvalue weighted by molar-refractivity contribution is 7.85. The van der Waals surface area contributed by atoms with Crippen molar-refractivity contribution in [3.8, 4) is 11.1 Å². The summed E-state index contributed by atoms with van der Waals surface area (Å²) in [5.74, 6) is -0.558. The van der Waals surface area contributed by atoms with E-state index in [4.69, 9.17) is 5.21 Å². The monoisotopic (exact) mass is 359 g/mol. The maximum absolute atomic E-state index is 11.5. The first kappa shape index (κ1) is 19.3. The van der Waals surface area contributed by atoms with Crippen molar-refractivity contribution in [1.82, 2.24) is 5.48 Å². The number of carbonyl (C=O) groups is 1. The van der Waals surface area contributed by atoms with Gasteiger partial charge in [-0.05, 0) is 36.0 Å². The number of unbranched alkanes of at least 4 members (excludes halogenated alkanes) is 2. The predicted molar refractivity (Wildman–Crippen MR) is 102 cm³/mol. The molecule has 134 valence electrons. The highest BCUT2D eigenvalue weighted by atomic mass is 32.2. The van der Waals surface area contributed by atoms with Crippen LogP contribution in [0.1, 0.15) is 31.2 Å². The minimum atomic E-state index is -1.27. The Hall–Kier alpha value is -1.98. The molecule has 0 saturated heterocycles. The van der Waals surface area contributed by atoms with E-state index in [-0.39, 0.29) is 0 Å². The van der Waals surface area contributed by atoms with Crippen molar-refractivity contribution in [3.05, 3.63) is 60.2 Å². The molecule has 25 heavy (non-hydrogen) atoms. The molecule has 0 aliphatic heterocycles. The van der Waals surface area contributed by atoms with Crippen molar-refractivity contribution >= 4 is 16.7 Å². The molecular formula is C20H25NO3S. The average molecular weight is 359 g/mol. The number of carbonyl (C=O) groups excluding carboxylic acids is 1. The van der Waals surface area contributed by atoms with Gasteiger partial charge in [-0.2, -0.15) is 0 Å². The van der Waals surface area contributed by atoms with Crippen LogP contribution >= 0.6 is 0 Å². The van der Waals surface area contributed by atoms with Gasteiger partial charge in [-0.3, -0.25) is 14.2 Å². The first-order chi connectivity index (χ1) is 12.1. The van der Waals surface area contributed by atoms with Crippen LogP contribution in [-0.2, 0) is 22.0 Å². The highest BCUT2D eigenvalue weighted by Crippen LogP contribution is 2.20. The van der Waals surface area contributed by atoms with Crippen molar-refractivity contribution in [2.24, 2.45) is 0 Å². The smallest absolute Gasteiger partial charge is 0.259 e. The number of nitrogens with one attached hydrogen (secondary N) is 1. The molecule has 0 radical (unpaired) electrons. The lowest BCUT2D eigenvalue weighted by Gasteiger charge is -2.11. The second-order valence-electron chi connectivity index (χ2n) is 6.13. The molecule has 0 aliphatic rings. The van der Waals surface area contributed by atoms with Crippen molar-refractivity contribution in [2.75, 3.05) is 6.26 Å². The fourth-order valence-corrected chi connectivity index (χ4v) is 3.70. The molecule has 2 N–H and O–H groups in total. The summed E-state index contributed by atoms with van der Waals surface area (Å²) in [6.45, 7) is 0. The van der Waals surface area contributed by atoms with Crippen molar-refractivity contribution in [3.63, 3.8) is 0 Å². The summed E-state index contributed by atoms with van der Waals surface area (Å²) >= 11 is 0. The van der Waals surface area contributed by atoms with Crippen LogP contribution in [0.25, 0.3) is 11.1 Å². The summed E-state index contributed by atoms with van der Waals surface area (Å²) in [5.41, 5.74) is 5.33. The number of hydroxylamine groups is 1. The number of hydrogen-bond acceptors (Lipinski definition) is 3. The molecule has 2 rings (SSSR count). The normalized spacial score (nSPS) is 13.2. The van der Waals surface area contributed by atoms with E-state index >= 15 is 0 Å². The van der Waals surface area contributed by atoms with E-state index < -0.39 is 22.0 Å². The molecule has 0 spiro atoms. The molecule has 4 nitrogen and oxygen atoms in total. The van der Waals surface area contributed by atoms with E-state index in [0.717, 1.165) is 25.7 Å². The van der Waals surface area contributed by atoms with E-state index in [1.807, 2.05) is 18.2 Å². The van der Waals surface area contributed by atoms with Gasteiger partial charge in [-0.25, -0.2) is 5.48 Å². The van der Waals surface area contributed by atoms with Crippen LogP contribution in [0.5, 0.6) is 0 Å². The van der Waals surface area contributed by atoms with E-state index in [0.29, 0.717) is 6.42 Å². The van der Waals surface area contributed by atoms with Gasteiger partial charge in [-0.15, -0.1) is 0 Å². The van der Waals surface area contributed by atoms with Gasteiger partial charge >= 0.3 is 0 Å². The maximum Gasteiger partial charge on any atom is 0.259 e. The summed E-state index contributed by atoms with van der Waals surface area (Å²) in [7, 11) is -1.27. The van der Waals surface area contributed by atoms with Gasteiger partial charge in [0.25, 0.3) is 5.91 Å². The van der Waals surface area contributed by atoms with Gasteiger partial charge in [0.15, 0.2) is 0 Å². The maximum atomic E-state index is 11.5. The second kappa shape index (κ2) is 10.1.